The highest BCUT2D eigenvalue weighted by Gasteiger charge is 2.26. The van der Waals surface area contributed by atoms with Crippen molar-refractivity contribution in [2.75, 3.05) is 46.3 Å². The number of hydrogen-bond donors (Lipinski definition) is 1. The maximum atomic E-state index is 5.89. The number of likely N-dealkylation sites (N-methyl/N-ethyl adjacent to an activating group) is 1. The fourth-order valence-electron chi connectivity index (χ4n) is 3.20. The van der Waals surface area contributed by atoms with Crippen LogP contribution in [0.1, 0.15) is 25.7 Å². The molecule has 94 valence electrons. The molecule has 0 spiro atoms. The maximum absolute atomic E-state index is 5.89. The molecule has 0 bridgehead atoms. The Morgan fingerprint density at radius 2 is 1.62 bits per heavy atom. The largest absolute Gasteiger partial charge is 0.330 e. The van der Waals surface area contributed by atoms with Gasteiger partial charge in [0.05, 0.1) is 0 Å². The Balaban J connectivity index is 1.78. The number of piperazine rings is 1. The Morgan fingerprint density at radius 1 is 1.00 bits per heavy atom. The number of rotatable bonds is 3. The van der Waals surface area contributed by atoms with Crippen LogP contribution < -0.4 is 5.73 Å². The van der Waals surface area contributed by atoms with Crippen LogP contribution in [0, 0.1) is 11.8 Å². The van der Waals surface area contributed by atoms with Crippen molar-refractivity contribution in [3.05, 3.63) is 0 Å². The minimum absolute atomic E-state index is 0.799. The Kier molecular flexibility index (Phi) is 4.62. The van der Waals surface area contributed by atoms with Gasteiger partial charge in [-0.15, -0.1) is 0 Å². The van der Waals surface area contributed by atoms with E-state index < -0.39 is 0 Å². The summed E-state index contributed by atoms with van der Waals surface area (Å²) in [5.74, 6) is 1.68. The van der Waals surface area contributed by atoms with E-state index in [4.69, 9.17) is 5.73 Å². The Morgan fingerprint density at radius 3 is 2.25 bits per heavy atom. The highest BCUT2D eigenvalue weighted by atomic mass is 15.2. The van der Waals surface area contributed by atoms with Gasteiger partial charge in [0, 0.05) is 32.7 Å². The zero-order chi connectivity index (χ0) is 11.4. The van der Waals surface area contributed by atoms with Crippen LogP contribution in [0.4, 0.5) is 0 Å². The average molecular weight is 225 g/mol. The highest BCUT2D eigenvalue weighted by molar-refractivity contribution is 4.80. The fraction of sp³-hybridized carbons (Fsp3) is 1.00. The summed E-state index contributed by atoms with van der Waals surface area (Å²) in [4.78, 5) is 5.08. The van der Waals surface area contributed by atoms with Gasteiger partial charge in [-0.1, -0.05) is 12.8 Å². The average Bonchev–Trinajstić information content (AvgIpc) is 2.33. The topological polar surface area (TPSA) is 32.5 Å². The van der Waals surface area contributed by atoms with E-state index in [-0.39, 0.29) is 0 Å². The quantitative estimate of drug-likeness (QED) is 0.778. The molecule has 0 aromatic rings. The number of nitrogens with two attached hydrogens (primary N) is 1. The van der Waals surface area contributed by atoms with Gasteiger partial charge < -0.3 is 15.5 Å². The molecule has 2 N–H and O–H groups in total. The third-order valence-electron chi connectivity index (χ3n) is 4.46. The second-order valence-corrected chi connectivity index (χ2v) is 5.64. The van der Waals surface area contributed by atoms with E-state index in [1.807, 2.05) is 0 Å². The molecule has 0 radical (unpaired) electrons. The molecule has 2 atom stereocenters. The monoisotopic (exact) mass is 225 g/mol. The lowest BCUT2D eigenvalue weighted by molar-refractivity contribution is 0.105. The molecular formula is C13H27N3. The van der Waals surface area contributed by atoms with Gasteiger partial charge >= 0.3 is 0 Å². The van der Waals surface area contributed by atoms with Gasteiger partial charge in [-0.3, -0.25) is 0 Å². The molecule has 0 amide bonds. The summed E-state index contributed by atoms with van der Waals surface area (Å²) in [6.07, 6.45) is 5.61. The molecule has 2 fully saturated rings. The summed E-state index contributed by atoms with van der Waals surface area (Å²) in [5, 5.41) is 0. The predicted octanol–water partition coefficient (Wildman–Crippen LogP) is 0.999. The number of nitrogens with zero attached hydrogens (tertiary/aromatic N) is 2. The van der Waals surface area contributed by atoms with E-state index in [0.29, 0.717) is 0 Å². The van der Waals surface area contributed by atoms with Gasteiger partial charge in [0.25, 0.3) is 0 Å². The molecule has 0 aromatic heterocycles. The van der Waals surface area contributed by atoms with Gasteiger partial charge in [0.2, 0.25) is 0 Å². The smallest absolute Gasteiger partial charge is 0.0110 e. The van der Waals surface area contributed by atoms with Gasteiger partial charge in [-0.25, -0.2) is 0 Å². The third-order valence-corrected chi connectivity index (χ3v) is 4.46. The lowest BCUT2D eigenvalue weighted by atomic mass is 9.79. The van der Waals surface area contributed by atoms with Crippen molar-refractivity contribution in [1.82, 2.24) is 9.80 Å². The molecular weight excluding hydrogens is 198 g/mol. The van der Waals surface area contributed by atoms with E-state index in [1.165, 1.54) is 58.4 Å². The van der Waals surface area contributed by atoms with E-state index in [1.54, 1.807) is 0 Å². The van der Waals surface area contributed by atoms with Crippen LogP contribution in [0.5, 0.6) is 0 Å². The summed E-state index contributed by atoms with van der Waals surface area (Å²) in [6, 6.07) is 0. The van der Waals surface area contributed by atoms with Crippen LogP contribution in [0.15, 0.2) is 0 Å². The molecule has 2 unspecified atom stereocenters. The summed E-state index contributed by atoms with van der Waals surface area (Å²) < 4.78 is 0. The van der Waals surface area contributed by atoms with E-state index in [0.717, 1.165) is 18.4 Å². The summed E-state index contributed by atoms with van der Waals surface area (Å²) >= 11 is 0. The Labute approximate surface area is 100.0 Å². The fourth-order valence-corrected chi connectivity index (χ4v) is 3.20. The molecule has 1 saturated heterocycles. The van der Waals surface area contributed by atoms with E-state index in [9.17, 15) is 0 Å². The molecule has 16 heavy (non-hydrogen) atoms. The van der Waals surface area contributed by atoms with Crippen molar-refractivity contribution >= 4 is 0 Å². The molecule has 1 aliphatic heterocycles. The zero-order valence-corrected chi connectivity index (χ0v) is 10.7. The van der Waals surface area contributed by atoms with Crippen molar-refractivity contribution in [2.24, 2.45) is 17.6 Å². The lowest BCUT2D eigenvalue weighted by Crippen LogP contribution is -2.47. The van der Waals surface area contributed by atoms with Gasteiger partial charge in [0.15, 0.2) is 0 Å². The van der Waals surface area contributed by atoms with E-state index >= 15 is 0 Å². The Hall–Kier alpha value is -0.120. The zero-order valence-electron chi connectivity index (χ0n) is 10.7. The van der Waals surface area contributed by atoms with Gasteiger partial charge in [-0.05, 0) is 38.3 Å². The standard InChI is InChI=1S/C13H27N3/c1-15-6-8-16(9-7-15)11-13-5-3-2-4-12(13)10-14/h12-13H,2-11,14H2,1H3. The highest BCUT2D eigenvalue weighted by Crippen LogP contribution is 2.30. The first kappa shape index (κ1) is 12.3. The third kappa shape index (κ3) is 3.19. The van der Waals surface area contributed by atoms with Gasteiger partial charge in [-0.2, -0.15) is 0 Å². The molecule has 1 heterocycles. The molecule has 2 aliphatic rings. The van der Waals surface area contributed by atoms with Crippen molar-refractivity contribution in [1.29, 1.82) is 0 Å². The second-order valence-electron chi connectivity index (χ2n) is 5.64. The maximum Gasteiger partial charge on any atom is 0.0110 e. The molecule has 3 nitrogen and oxygen atoms in total. The van der Waals surface area contributed by atoms with E-state index in [2.05, 4.69) is 16.8 Å². The van der Waals surface area contributed by atoms with Crippen LogP contribution in [-0.2, 0) is 0 Å². The van der Waals surface area contributed by atoms with Crippen LogP contribution in [0.25, 0.3) is 0 Å². The Bertz CT molecular complexity index is 199. The van der Waals surface area contributed by atoms with Crippen molar-refractivity contribution in [3.8, 4) is 0 Å². The molecule has 0 aromatic carbocycles. The SMILES string of the molecule is CN1CCN(CC2CCCCC2CN)CC1. The predicted molar refractivity (Wildman–Crippen MR) is 68.4 cm³/mol. The van der Waals surface area contributed by atoms with Crippen molar-refractivity contribution in [3.63, 3.8) is 0 Å². The summed E-state index contributed by atoms with van der Waals surface area (Å²) in [5.41, 5.74) is 5.89. The molecule has 1 saturated carbocycles. The molecule has 2 rings (SSSR count). The van der Waals surface area contributed by atoms with Gasteiger partial charge in [0.1, 0.15) is 0 Å². The first-order chi connectivity index (χ1) is 7.79. The van der Waals surface area contributed by atoms with Crippen LogP contribution in [-0.4, -0.2) is 56.1 Å². The lowest BCUT2D eigenvalue weighted by Gasteiger charge is -2.38. The minimum atomic E-state index is 0.799. The summed E-state index contributed by atoms with van der Waals surface area (Å²) in [6.45, 7) is 7.18. The minimum Gasteiger partial charge on any atom is -0.330 e. The van der Waals surface area contributed by atoms with Crippen molar-refractivity contribution < 1.29 is 0 Å². The first-order valence-corrected chi connectivity index (χ1v) is 6.90. The number of hydrogen-bond acceptors (Lipinski definition) is 3. The van der Waals surface area contributed by atoms with Crippen LogP contribution >= 0.6 is 0 Å². The van der Waals surface area contributed by atoms with Crippen LogP contribution in [0.2, 0.25) is 0 Å². The molecule has 1 aliphatic carbocycles. The second kappa shape index (κ2) is 5.99. The normalized spacial score (nSPS) is 34.1. The van der Waals surface area contributed by atoms with Crippen LogP contribution in [0.3, 0.4) is 0 Å². The first-order valence-electron chi connectivity index (χ1n) is 6.90. The summed E-state index contributed by atoms with van der Waals surface area (Å²) in [7, 11) is 2.22. The molecule has 3 heteroatoms. The van der Waals surface area contributed by atoms with Crippen molar-refractivity contribution in [2.45, 2.75) is 25.7 Å².